The summed E-state index contributed by atoms with van der Waals surface area (Å²) in [5.74, 6) is 0. The lowest BCUT2D eigenvalue weighted by Crippen LogP contribution is -2.19. The van der Waals surface area contributed by atoms with Crippen LogP contribution in [0.3, 0.4) is 0 Å². The Labute approximate surface area is 126 Å². The van der Waals surface area contributed by atoms with E-state index >= 15 is 0 Å². The molecule has 0 aromatic heterocycles. The highest BCUT2D eigenvalue weighted by Crippen LogP contribution is 2.26. The first-order chi connectivity index (χ1) is 9.66. The van der Waals surface area contributed by atoms with E-state index in [4.69, 9.17) is 17.3 Å². The van der Waals surface area contributed by atoms with Gasteiger partial charge in [0.05, 0.1) is 11.4 Å². The molecule has 0 aliphatic heterocycles. The molecule has 2 N–H and O–H groups in total. The fourth-order valence-corrected chi connectivity index (χ4v) is 2.46. The highest BCUT2D eigenvalue weighted by Gasteiger charge is 2.05. The molecule has 0 heterocycles. The second kappa shape index (κ2) is 7.20. The molecule has 2 rings (SSSR count). The molecule has 0 radical (unpaired) electrons. The van der Waals surface area contributed by atoms with E-state index in [-0.39, 0.29) is 0 Å². The average Bonchev–Trinajstić information content (AvgIpc) is 2.47. The second-order valence-electron chi connectivity index (χ2n) is 5.07. The molecule has 0 spiro atoms. The Balaban J connectivity index is 1.80. The number of hydrogen-bond acceptors (Lipinski definition) is 2. The number of benzene rings is 2. The van der Waals surface area contributed by atoms with Crippen LogP contribution in [0.15, 0.2) is 48.5 Å². The lowest BCUT2D eigenvalue weighted by atomic mass is 10.1. The predicted molar refractivity (Wildman–Crippen MR) is 88.5 cm³/mol. The SMILES string of the molecule is CN(CCCCc1ccccc1)c1cc(Cl)ccc1N. The van der Waals surface area contributed by atoms with Gasteiger partial charge < -0.3 is 10.6 Å². The molecule has 2 aromatic rings. The van der Waals surface area contributed by atoms with Crippen LogP contribution in [-0.2, 0) is 6.42 Å². The first-order valence-electron chi connectivity index (χ1n) is 6.97. The normalized spacial score (nSPS) is 10.5. The van der Waals surface area contributed by atoms with Crippen LogP contribution in [0, 0.1) is 0 Å². The van der Waals surface area contributed by atoms with E-state index in [0.29, 0.717) is 0 Å². The van der Waals surface area contributed by atoms with Crippen LogP contribution in [-0.4, -0.2) is 13.6 Å². The molecule has 106 valence electrons. The number of nitrogens with two attached hydrogens (primary N) is 1. The zero-order chi connectivity index (χ0) is 14.4. The number of nitrogen functional groups attached to an aromatic ring is 1. The van der Waals surface area contributed by atoms with Gasteiger partial charge in [-0.3, -0.25) is 0 Å². The second-order valence-corrected chi connectivity index (χ2v) is 5.50. The molecule has 2 aromatic carbocycles. The summed E-state index contributed by atoms with van der Waals surface area (Å²) in [5, 5.41) is 0.727. The number of hydrogen-bond donors (Lipinski definition) is 1. The molecule has 0 aliphatic rings. The van der Waals surface area contributed by atoms with Crippen molar-refractivity contribution in [1.29, 1.82) is 0 Å². The number of rotatable bonds is 6. The molecule has 0 atom stereocenters. The highest BCUT2D eigenvalue weighted by molar-refractivity contribution is 6.31. The summed E-state index contributed by atoms with van der Waals surface area (Å²) < 4.78 is 0. The first kappa shape index (κ1) is 14.7. The molecule has 0 saturated heterocycles. The van der Waals surface area contributed by atoms with Crippen LogP contribution < -0.4 is 10.6 Å². The van der Waals surface area contributed by atoms with Gasteiger partial charge in [0, 0.05) is 18.6 Å². The van der Waals surface area contributed by atoms with Crippen LogP contribution in [0.4, 0.5) is 11.4 Å². The Morgan fingerprint density at radius 2 is 1.80 bits per heavy atom. The van der Waals surface area contributed by atoms with E-state index in [2.05, 4.69) is 42.3 Å². The van der Waals surface area contributed by atoms with Crippen molar-refractivity contribution in [2.75, 3.05) is 24.2 Å². The molecule has 20 heavy (non-hydrogen) atoms. The summed E-state index contributed by atoms with van der Waals surface area (Å²) in [7, 11) is 2.06. The average molecular weight is 289 g/mol. The number of unbranched alkanes of at least 4 members (excludes halogenated alkanes) is 1. The van der Waals surface area contributed by atoms with E-state index in [1.807, 2.05) is 18.2 Å². The molecule has 0 aliphatic carbocycles. The summed E-state index contributed by atoms with van der Waals surface area (Å²) in [6.07, 6.45) is 3.44. The lowest BCUT2D eigenvalue weighted by Gasteiger charge is -2.21. The Morgan fingerprint density at radius 1 is 1.05 bits per heavy atom. The van der Waals surface area contributed by atoms with Crippen molar-refractivity contribution >= 4 is 23.0 Å². The van der Waals surface area contributed by atoms with Crippen LogP contribution >= 0.6 is 11.6 Å². The lowest BCUT2D eigenvalue weighted by molar-refractivity contribution is 0.720. The third kappa shape index (κ3) is 4.17. The smallest absolute Gasteiger partial charge is 0.0612 e. The van der Waals surface area contributed by atoms with Gasteiger partial charge >= 0.3 is 0 Å². The minimum absolute atomic E-state index is 0.727. The van der Waals surface area contributed by atoms with Gasteiger partial charge in [0.2, 0.25) is 0 Å². The Bertz CT molecular complexity index is 540. The van der Waals surface area contributed by atoms with E-state index in [1.54, 1.807) is 0 Å². The molecule has 2 nitrogen and oxygen atoms in total. The van der Waals surface area contributed by atoms with Crippen LogP contribution in [0.5, 0.6) is 0 Å². The highest BCUT2D eigenvalue weighted by atomic mass is 35.5. The summed E-state index contributed by atoms with van der Waals surface area (Å²) in [5.41, 5.74) is 9.17. The van der Waals surface area contributed by atoms with E-state index < -0.39 is 0 Å². The molecular weight excluding hydrogens is 268 g/mol. The third-order valence-electron chi connectivity index (χ3n) is 3.46. The van der Waals surface area contributed by atoms with Crippen LogP contribution in [0.2, 0.25) is 5.02 Å². The minimum Gasteiger partial charge on any atom is -0.397 e. The molecular formula is C17H21ClN2. The van der Waals surface area contributed by atoms with Gasteiger partial charge in [0.25, 0.3) is 0 Å². The number of halogens is 1. The van der Waals surface area contributed by atoms with Crippen molar-refractivity contribution in [3.63, 3.8) is 0 Å². The Hall–Kier alpha value is -1.67. The molecule has 3 heteroatoms. The third-order valence-corrected chi connectivity index (χ3v) is 3.69. The van der Waals surface area contributed by atoms with Gasteiger partial charge in [-0.1, -0.05) is 41.9 Å². The van der Waals surface area contributed by atoms with E-state index in [0.717, 1.165) is 35.8 Å². The Kier molecular flexibility index (Phi) is 5.31. The van der Waals surface area contributed by atoms with Crippen molar-refractivity contribution in [3.05, 3.63) is 59.1 Å². The number of nitrogens with zero attached hydrogens (tertiary/aromatic N) is 1. The van der Waals surface area contributed by atoms with Crippen LogP contribution in [0.25, 0.3) is 0 Å². The maximum absolute atomic E-state index is 6.02. The standard InChI is InChI=1S/C17H21ClN2/c1-20(17-13-15(18)10-11-16(17)19)12-6-5-9-14-7-3-2-4-8-14/h2-4,7-8,10-11,13H,5-6,9,12,19H2,1H3. The summed E-state index contributed by atoms with van der Waals surface area (Å²) in [6.45, 7) is 0.984. The quantitative estimate of drug-likeness (QED) is 0.631. The van der Waals surface area contributed by atoms with Gasteiger partial charge in [-0.25, -0.2) is 0 Å². The summed E-state index contributed by atoms with van der Waals surface area (Å²) in [4.78, 5) is 2.17. The minimum atomic E-state index is 0.727. The van der Waals surface area contributed by atoms with Crippen molar-refractivity contribution in [2.45, 2.75) is 19.3 Å². The van der Waals surface area contributed by atoms with Crippen LogP contribution in [0.1, 0.15) is 18.4 Å². The predicted octanol–water partition coefficient (Wildman–Crippen LogP) is 4.38. The fraction of sp³-hybridized carbons (Fsp3) is 0.294. The molecule has 0 bridgehead atoms. The van der Waals surface area contributed by atoms with Gasteiger partial charge in [-0.2, -0.15) is 0 Å². The van der Waals surface area contributed by atoms with Gasteiger partial charge in [-0.05, 0) is 43.0 Å². The Morgan fingerprint density at radius 3 is 2.55 bits per heavy atom. The molecule has 0 amide bonds. The topological polar surface area (TPSA) is 29.3 Å². The van der Waals surface area contributed by atoms with Gasteiger partial charge in [0.1, 0.15) is 0 Å². The molecule has 0 saturated carbocycles. The van der Waals surface area contributed by atoms with Crippen molar-refractivity contribution < 1.29 is 0 Å². The molecule has 0 unspecified atom stereocenters. The first-order valence-corrected chi connectivity index (χ1v) is 7.34. The number of aryl methyl sites for hydroxylation is 1. The van der Waals surface area contributed by atoms with Crippen molar-refractivity contribution in [3.8, 4) is 0 Å². The monoisotopic (exact) mass is 288 g/mol. The molecule has 0 fully saturated rings. The largest absolute Gasteiger partial charge is 0.397 e. The number of anilines is 2. The van der Waals surface area contributed by atoms with E-state index in [9.17, 15) is 0 Å². The fourth-order valence-electron chi connectivity index (χ4n) is 2.29. The summed E-state index contributed by atoms with van der Waals surface area (Å²) >= 11 is 6.02. The van der Waals surface area contributed by atoms with Gasteiger partial charge in [0.15, 0.2) is 0 Å². The maximum atomic E-state index is 6.02. The zero-order valence-corrected chi connectivity index (χ0v) is 12.6. The summed E-state index contributed by atoms with van der Waals surface area (Å²) in [6, 6.07) is 16.2. The van der Waals surface area contributed by atoms with Crippen molar-refractivity contribution in [2.24, 2.45) is 0 Å². The van der Waals surface area contributed by atoms with Gasteiger partial charge in [-0.15, -0.1) is 0 Å². The van der Waals surface area contributed by atoms with Crippen molar-refractivity contribution in [1.82, 2.24) is 0 Å². The maximum Gasteiger partial charge on any atom is 0.0612 e. The zero-order valence-electron chi connectivity index (χ0n) is 11.8. The van der Waals surface area contributed by atoms with E-state index in [1.165, 1.54) is 12.0 Å².